The van der Waals surface area contributed by atoms with Crippen LogP contribution in [0.15, 0.2) is 36.2 Å². The zero-order valence-electron chi connectivity index (χ0n) is 14.7. The van der Waals surface area contributed by atoms with Crippen LogP contribution < -0.4 is 0 Å². The van der Waals surface area contributed by atoms with E-state index in [-0.39, 0.29) is 12.1 Å². The summed E-state index contributed by atoms with van der Waals surface area (Å²) in [6, 6.07) is 8.51. The van der Waals surface area contributed by atoms with E-state index in [1.54, 1.807) is 6.08 Å². The fraction of sp³-hybridized carbons (Fsp3) is 0.619. The van der Waals surface area contributed by atoms with Gasteiger partial charge in [-0.1, -0.05) is 56.5 Å². The van der Waals surface area contributed by atoms with Crippen LogP contribution in [0.5, 0.6) is 0 Å². The summed E-state index contributed by atoms with van der Waals surface area (Å²) in [7, 11) is 0. The summed E-state index contributed by atoms with van der Waals surface area (Å²) in [5, 5.41) is 0. The molecule has 0 saturated carbocycles. The number of rotatable bonds is 6. The maximum Gasteiger partial charge on any atom is 0.183 e. The van der Waals surface area contributed by atoms with Crippen LogP contribution in [0.2, 0.25) is 0 Å². The van der Waals surface area contributed by atoms with E-state index < -0.39 is 0 Å². The maximum absolute atomic E-state index is 13.1. The Balaban J connectivity index is 1.50. The zero-order valence-corrected chi connectivity index (χ0v) is 14.7. The van der Waals surface area contributed by atoms with Crippen LogP contribution in [-0.4, -0.2) is 13.2 Å². The highest BCUT2D eigenvalue weighted by atomic mass is 19.1. The molecule has 2 aliphatic rings. The zero-order chi connectivity index (χ0) is 16.8. The summed E-state index contributed by atoms with van der Waals surface area (Å²) in [6.07, 6.45) is 8.79. The monoisotopic (exact) mass is 332 g/mol. The van der Waals surface area contributed by atoms with Crippen molar-refractivity contribution in [3.8, 4) is 0 Å². The first-order valence-electron chi connectivity index (χ1n) is 9.44. The Morgan fingerprint density at radius 3 is 2.38 bits per heavy atom. The van der Waals surface area contributed by atoms with E-state index in [1.807, 2.05) is 0 Å². The van der Waals surface area contributed by atoms with Crippen molar-refractivity contribution in [3.05, 3.63) is 47.3 Å². The van der Waals surface area contributed by atoms with Crippen LogP contribution in [0.3, 0.4) is 0 Å². The molecule has 1 aromatic carbocycles. The van der Waals surface area contributed by atoms with E-state index in [1.165, 1.54) is 31.2 Å². The molecule has 0 spiro atoms. The molecule has 1 fully saturated rings. The lowest BCUT2D eigenvalue weighted by Crippen LogP contribution is -2.27. The van der Waals surface area contributed by atoms with Crippen LogP contribution in [0.4, 0.5) is 4.39 Å². The molecule has 0 bridgehead atoms. The molecular weight excluding hydrogens is 303 g/mol. The van der Waals surface area contributed by atoms with Crippen LogP contribution in [0.1, 0.15) is 75.2 Å². The van der Waals surface area contributed by atoms with E-state index in [0.717, 1.165) is 31.6 Å². The summed E-state index contributed by atoms with van der Waals surface area (Å²) in [6.45, 7) is 3.82. The second-order valence-corrected chi connectivity index (χ2v) is 7.15. The highest BCUT2D eigenvalue weighted by Gasteiger charge is 2.23. The fourth-order valence-corrected chi connectivity index (χ4v) is 3.62. The molecule has 0 amide bonds. The third-order valence-corrected chi connectivity index (χ3v) is 5.22. The van der Waals surface area contributed by atoms with E-state index >= 15 is 0 Å². The van der Waals surface area contributed by atoms with Gasteiger partial charge in [0.1, 0.15) is 0 Å². The number of unbranched alkanes of at least 4 members (excludes halogenated alkanes) is 2. The van der Waals surface area contributed by atoms with Gasteiger partial charge in [0, 0.05) is 11.5 Å². The molecule has 1 atom stereocenters. The molecule has 0 aromatic heterocycles. The second-order valence-electron chi connectivity index (χ2n) is 7.15. The van der Waals surface area contributed by atoms with Crippen molar-refractivity contribution in [1.29, 1.82) is 0 Å². The molecule has 24 heavy (non-hydrogen) atoms. The van der Waals surface area contributed by atoms with Gasteiger partial charge in [0.2, 0.25) is 0 Å². The molecule has 1 aliphatic carbocycles. The Morgan fingerprint density at radius 2 is 1.75 bits per heavy atom. The molecule has 1 unspecified atom stereocenters. The highest BCUT2D eigenvalue weighted by Crippen LogP contribution is 2.34. The lowest BCUT2D eigenvalue weighted by atomic mass is 9.87. The Bertz CT molecular complexity index is 529. The molecule has 1 saturated heterocycles. The Labute approximate surface area is 145 Å². The molecule has 2 nitrogen and oxygen atoms in total. The lowest BCUT2D eigenvalue weighted by molar-refractivity contribution is -0.206. The maximum atomic E-state index is 13.1. The van der Waals surface area contributed by atoms with Crippen LogP contribution in [0, 0.1) is 5.92 Å². The first kappa shape index (κ1) is 17.6. The molecule has 1 aromatic rings. The summed E-state index contributed by atoms with van der Waals surface area (Å²) >= 11 is 0. The highest BCUT2D eigenvalue weighted by molar-refractivity contribution is 5.27. The van der Waals surface area contributed by atoms with Gasteiger partial charge >= 0.3 is 0 Å². The molecule has 0 radical (unpaired) electrons. The molecular formula is C21H29FO2. The minimum atomic E-state index is -0.231. The van der Waals surface area contributed by atoms with Crippen LogP contribution in [0.25, 0.3) is 0 Å². The number of halogens is 1. The third-order valence-electron chi connectivity index (χ3n) is 5.22. The quantitative estimate of drug-likeness (QED) is 0.590. The summed E-state index contributed by atoms with van der Waals surface area (Å²) in [4.78, 5) is 0. The molecule has 0 N–H and O–H groups in total. The van der Waals surface area contributed by atoms with Gasteiger partial charge in [-0.3, -0.25) is 0 Å². The van der Waals surface area contributed by atoms with Gasteiger partial charge in [-0.2, -0.15) is 0 Å². The van der Waals surface area contributed by atoms with Gasteiger partial charge in [0.25, 0.3) is 0 Å². The largest absolute Gasteiger partial charge is 0.348 e. The predicted octanol–water partition coefficient (Wildman–Crippen LogP) is 6.05. The van der Waals surface area contributed by atoms with Crippen molar-refractivity contribution in [2.24, 2.45) is 5.92 Å². The van der Waals surface area contributed by atoms with Gasteiger partial charge in [-0.25, -0.2) is 4.39 Å². The Morgan fingerprint density at radius 1 is 1.04 bits per heavy atom. The average Bonchev–Trinajstić information content (AvgIpc) is 2.63. The Kier molecular flexibility index (Phi) is 6.44. The first-order chi connectivity index (χ1) is 11.8. The second kappa shape index (κ2) is 8.77. The predicted molar refractivity (Wildman–Crippen MR) is 94.5 cm³/mol. The molecule has 3 rings (SSSR count). The molecule has 1 heterocycles. The van der Waals surface area contributed by atoms with E-state index in [0.29, 0.717) is 18.3 Å². The SMILES string of the molecule is CCCCCC1COC(c2ccc(C3CC=C(F)CC3)cc2)OC1. The smallest absolute Gasteiger partial charge is 0.183 e. The normalized spacial score (nSPS) is 27.8. The first-order valence-corrected chi connectivity index (χ1v) is 9.44. The number of hydrogen-bond acceptors (Lipinski definition) is 2. The fourth-order valence-electron chi connectivity index (χ4n) is 3.62. The minimum Gasteiger partial charge on any atom is -0.348 e. The summed E-state index contributed by atoms with van der Waals surface area (Å²) in [5.74, 6) is 1.02. The van der Waals surface area contributed by atoms with Crippen molar-refractivity contribution in [2.75, 3.05) is 13.2 Å². The van der Waals surface area contributed by atoms with E-state index in [9.17, 15) is 4.39 Å². The number of ether oxygens (including phenoxy) is 2. The van der Waals surface area contributed by atoms with Crippen molar-refractivity contribution in [2.45, 2.75) is 64.1 Å². The molecule has 132 valence electrons. The van der Waals surface area contributed by atoms with Gasteiger partial charge in [-0.05, 0) is 37.2 Å². The lowest BCUT2D eigenvalue weighted by Gasteiger charge is -2.30. The minimum absolute atomic E-state index is 0.0420. The van der Waals surface area contributed by atoms with Crippen LogP contribution >= 0.6 is 0 Å². The van der Waals surface area contributed by atoms with E-state index in [4.69, 9.17) is 9.47 Å². The Hall–Kier alpha value is -1.19. The van der Waals surface area contributed by atoms with Gasteiger partial charge in [-0.15, -0.1) is 0 Å². The van der Waals surface area contributed by atoms with Gasteiger partial charge in [0.05, 0.1) is 19.0 Å². The van der Waals surface area contributed by atoms with Crippen molar-refractivity contribution >= 4 is 0 Å². The van der Waals surface area contributed by atoms with Crippen molar-refractivity contribution in [1.82, 2.24) is 0 Å². The van der Waals surface area contributed by atoms with Crippen molar-refractivity contribution < 1.29 is 13.9 Å². The number of allylic oxidation sites excluding steroid dienone is 2. The van der Waals surface area contributed by atoms with Crippen molar-refractivity contribution in [3.63, 3.8) is 0 Å². The summed E-state index contributed by atoms with van der Waals surface area (Å²) < 4.78 is 25.0. The molecule has 3 heteroatoms. The average molecular weight is 332 g/mol. The van der Waals surface area contributed by atoms with E-state index in [2.05, 4.69) is 31.2 Å². The standard InChI is InChI=1S/C21H29FO2/c1-2-3-4-5-16-14-23-21(24-15-16)19-8-6-17(7-9-19)18-10-12-20(22)13-11-18/h6-9,12,16,18,21H,2-5,10-11,13-15H2,1H3. The summed E-state index contributed by atoms with van der Waals surface area (Å²) in [5.41, 5.74) is 2.37. The number of hydrogen-bond donors (Lipinski definition) is 0. The van der Waals surface area contributed by atoms with Gasteiger partial charge < -0.3 is 9.47 Å². The number of benzene rings is 1. The van der Waals surface area contributed by atoms with Gasteiger partial charge in [0.15, 0.2) is 6.29 Å². The topological polar surface area (TPSA) is 18.5 Å². The molecule has 1 aliphatic heterocycles. The van der Waals surface area contributed by atoms with Crippen LogP contribution in [-0.2, 0) is 9.47 Å². The third kappa shape index (κ3) is 4.67.